The number of hydrogen-bond acceptors (Lipinski definition) is 5. The number of carbonyl (C=O) groups excluding carboxylic acids is 1. The largest absolute Gasteiger partial charge is 0.367 e. The molecule has 0 spiro atoms. The van der Waals surface area contributed by atoms with Crippen LogP contribution >= 0.6 is 22.9 Å². The molecule has 0 aliphatic carbocycles. The predicted molar refractivity (Wildman–Crippen MR) is 83.7 cm³/mol. The number of nitrogens with two attached hydrogens (primary N) is 1. The summed E-state index contributed by atoms with van der Waals surface area (Å²) in [5, 5.41) is 3.48. The van der Waals surface area contributed by atoms with Crippen LogP contribution < -0.4 is 10.6 Å². The third kappa shape index (κ3) is 3.02. The highest BCUT2D eigenvalue weighted by atomic mass is 35.5. The van der Waals surface area contributed by atoms with E-state index in [4.69, 9.17) is 22.1 Å². The molecule has 2 N–H and O–H groups in total. The Kier molecular flexibility index (Phi) is 4.10. The molecular weight excluding hydrogens is 310 g/mol. The summed E-state index contributed by atoms with van der Waals surface area (Å²) in [6.07, 6.45) is -0.577. The Hall–Kier alpha value is -1.63. The minimum absolute atomic E-state index is 0.435. The number of amides is 1. The standard InChI is InChI=1S/C14H14ClN3O2S/c15-10-4-2-1-3-9(10)11-8-21-14(17-11)18-5-6-20-12(7-18)13(16)19/h1-4,8,12H,5-7H2,(H2,16,19)/t12-/m0/s1. The highest BCUT2D eigenvalue weighted by molar-refractivity contribution is 7.14. The molecule has 2 aromatic rings. The fraction of sp³-hybridized carbons (Fsp3) is 0.286. The van der Waals surface area contributed by atoms with E-state index in [1.807, 2.05) is 34.5 Å². The number of carbonyl (C=O) groups is 1. The number of primary amides is 1. The second-order valence-corrected chi connectivity index (χ2v) is 5.95. The second-order valence-electron chi connectivity index (χ2n) is 4.70. The van der Waals surface area contributed by atoms with Crippen LogP contribution in [-0.4, -0.2) is 36.7 Å². The number of benzene rings is 1. The number of thiazole rings is 1. The smallest absolute Gasteiger partial charge is 0.248 e. The Morgan fingerprint density at radius 3 is 3.05 bits per heavy atom. The van der Waals surface area contributed by atoms with Crippen molar-refractivity contribution in [3.63, 3.8) is 0 Å². The molecule has 2 heterocycles. The molecule has 1 aromatic carbocycles. The van der Waals surface area contributed by atoms with E-state index in [1.165, 1.54) is 11.3 Å². The summed E-state index contributed by atoms with van der Waals surface area (Å²) in [6, 6.07) is 7.59. The van der Waals surface area contributed by atoms with Gasteiger partial charge >= 0.3 is 0 Å². The van der Waals surface area contributed by atoms with Gasteiger partial charge in [-0.3, -0.25) is 4.79 Å². The number of ether oxygens (including phenoxy) is 1. The van der Waals surface area contributed by atoms with Gasteiger partial charge in [-0.15, -0.1) is 11.3 Å². The molecule has 1 aromatic heterocycles. The normalized spacial score (nSPS) is 18.7. The fourth-order valence-corrected chi connectivity index (χ4v) is 3.29. The van der Waals surface area contributed by atoms with Gasteiger partial charge in [0.1, 0.15) is 0 Å². The van der Waals surface area contributed by atoms with Crippen molar-refractivity contribution in [1.29, 1.82) is 0 Å². The van der Waals surface area contributed by atoms with E-state index in [-0.39, 0.29) is 0 Å². The lowest BCUT2D eigenvalue weighted by Crippen LogP contribution is -2.48. The van der Waals surface area contributed by atoms with E-state index in [2.05, 4.69) is 4.98 Å². The van der Waals surface area contributed by atoms with Crippen molar-refractivity contribution in [2.45, 2.75) is 6.10 Å². The molecule has 0 saturated carbocycles. The van der Waals surface area contributed by atoms with Gasteiger partial charge < -0.3 is 15.4 Å². The first kappa shape index (κ1) is 14.3. The Morgan fingerprint density at radius 1 is 1.48 bits per heavy atom. The van der Waals surface area contributed by atoms with E-state index in [0.29, 0.717) is 24.7 Å². The van der Waals surface area contributed by atoms with E-state index < -0.39 is 12.0 Å². The van der Waals surface area contributed by atoms with Crippen LogP contribution in [-0.2, 0) is 9.53 Å². The molecule has 1 amide bonds. The lowest BCUT2D eigenvalue weighted by atomic mass is 10.2. The van der Waals surface area contributed by atoms with Gasteiger partial charge in [-0.05, 0) is 6.07 Å². The van der Waals surface area contributed by atoms with E-state index in [0.717, 1.165) is 16.4 Å². The minimum Gasteiger partial charge on any atom is -0.367 e. The maximum absolute atomic E-state index is 11.2. The van der Waals surface area contributed by atoms with Gasteiger partial charge in [-0.1, -0.05) is 29.8 Å². The maximum atomic E-state index is 11.2. The molecule has 1 atom stereocenters. The number of rotatable bonds is 3. The number of halogens is 1. The van der Waals surface area contributed by atoms with Crippen molar-refractivity contribution in [3.05, 3.63) is 34.7 Å². The van der Waals surface area contributed by atoms with Crippen molar-refractivity contribution in [2.75, 3.05) is 24.6 Å². The van der Waals surface area contributed by atoms with Crippen molar-refractivity contribution >= 4 is 34.0 Å². The van der Waals surface area contributed by atoms with Gasteiger partial charge in [0.15, 0.2) is 11.2 Å². The van der Waals surface area contributed by atoms with Gasteiger partial charge in [0.2, 0.25) is 5.91 Å². The monoisotopic (exact) mass is 323 g/mol. The topological polar surface area (TPSA) is 68.5 Å². The van der Waals surface area contributed by atoms with E-state index >= 15 is 0 Å². The van der Waals surface area contributed by atoms with Gasteiger partial charge in [0, 0.05) is 22.5 Å². The Labute approximate surface area is 131 Å². The van der Waals surface area contributed by atoms with Gasteiger partial charge in [-0.25, -0.2) is 4.98 Å². The second kappa shape index (κ2) is 6.01. The zero-order valence-corrected chi connectivity index (χ0v) is 12.7. The van der Waals surface area contributed by atoms with Crippen LogP contribution in [0.1, 0.15) is 0 Å². The van der Waals surface area contributed by atoms with Crippen LogP contribution in [0.25, 0.3) is 11.3 Å². The quantitative estimate of drug-likeness (QED) is 0.939. The summed E-state index contributed by atoms with van der Waals surface area (Å²) in [6.45, 7) is 1.60. The molecule has 0 radical (unpaired) electrons. The molecule has 1 aliphatic heterocycles. The molecule has 1 fully saturated rings. The van der Waals surface area contributed by atoms with E-state index in [9.17, 15) is 4.79 Å². The molecule has 7 heteroatoms. The van der Waals surface area contributed by atoms with Crippen molar-refractivity contribution in [3.8, 4) is 11.3 Å². The molecule has 0 unspecified atom stereocenters. The number of nitrogens with zero attached hydrogens (tertiary/aromatic N) is 2. The van der Waals surface area contributed by atoms with Crippen LogP contribution in [0.3, 0.4) is 0 Å². The average Bonchev–Trinajstić information content (AvgIpc) is 2.97. The first-order valence-corrected chi connectivity index (χ1v) is 7.77. The van der Waals surface area contributed by atoms with Crippen molar-refractivity contribution in [1.82, 2.24) is 4.98 Å². The third-order valence-electron chi connectivity index (χ3n) is 3.30. The van der Waals surface area contributed by atoms with Crippen LogP contribution in [0.5, 0.6) is 0 Å². The van der Waals surface area contributed by atoms with Crippen LogP contribution in [0, 0.1) is 0 Å². The highest BCUT2D eigenvalue weighted by Gasteiger charge is 2.26. The van der Waals surface area contributed by atoms with Gasteiger partial charge in [0.05, 0.1) is 18.8 Å². The van der Waals surface area contributed by atoms with Gasteiger partial charge in [-0.2, -0.15) is 0 Å². The number of anilines is 1. The van der Waals surface area contributed by atoms with Crippen LogP contribution in [0.2, 0.25) is 5.02 Å². The Morgan fingerprint density at radius 2 is 2.29 bits per heavy atom. The summed E-state index contributed by atoms with van der Waals surface area (Å²) >= 11 is 7.71. The Balaban J connectivity index is 1.82. The lowest BCUT2D eigenvalue weighted by Gasteiger charge is -2.30. The molecule has 3 rings (SSSR count). The van der Waals surface area contributed by atoms with Crippen LogP contribution in [0.4, 0.5) is 5.13 Å². The Bertz CT molecular complexity index is 661. The average molecular weight is 324 g/mol. The maximum Gasteiger partial charge on any atom is 0.248 e. The summed E-state index contributed by atoms with van der Waals surface area (Å²) < 4.78 is 5.34. The lowest BCUT2D eigenvalue weighted by molar-refractivity contribution is -0.130. The summed E-state index contributed by atoms with van der Waals surface area (Å²) in [5.74, 6) is -0.442. The highest BCUT2D eigenvalue weighted by Crippen LogP contribution is 2.32. The number of aromatic nitrogens is 1. The summed E-state index contributed by atoms with van der Waals surface area (Å²) in [7, 11) is 0. The van der Waals surface area contributed by atoms with Gasteiger partial charge in [0.25, 0.3) is 0 Å². The molecular formula is C14H14ClN3O2S. The zero-order chi connectivity index (χ0) is 14.8. The molecule has 21 heavy (non-hydrogen) atoms. The number of morpholine rings is 1. The summed E-state index contributed by atoms with van der Waals surface area (Å²) in [5.41, 5.74) is 7.04. The van der Waals surface area contributed by atoms with Crippen LogP contribution in [0.15, 0.2) is 29.6 Å². The molecule has 1 saturated heterocycles. The molecule has 5 nitrogen and oxygen atoms in total. The SMILES string of the molecule is NC(=O)[C@@H]1CN(c2nc(-c3ccccc3Cl)cs2)CCO1. The first-order valence-electron chi connectivity index (χ1n) is 6.51. The third-order valence-corrected chi connectivity index (χ3v) is 4.53. The first-order chi connectivity index (χ1) is 10.1. The molecule has 1 aliphatic rings. The molecule has 110 valence electrons. The predicted octanol–water partition coefficient (Wildman–Crippen LogP) is 2.15. The molecule has 0 bridgehead atoms. The minimum atomic E-state index is -0.577. The zero-order valence-electron chi connectivity index (χ0n) is 11.2. The van der Waals surface area contributed by atoms with Crippen molar-refractivity contribution in [2.24, 2.45) is 5.73 Å². The van der Waals surface area contributed by atoms with E-state index in [1.54, 1.807) is 0 Å². The van der Waals surface area contributed by atoms with Crippen molar-refractivity contribution < 1.29 is 9.53 Å². The fourth-order valence-electron chi connectivity index (χ4n) is 2.20. The number of hydrogen-bond donors (Lipinski definition) is 1. The summed E-state index contributed by atoms with van der Waals surface area (Å²) in [4.78, 5) is 17.9.